The number of hydrogen-bond donors (Lipinski definition) is 2. The van der Waals surface area contributed by atoms with Crippen molar-refractivity contribution in [2.75, 3.05) is 24.6 Å². The summed E-state index contributed by atoms with van der Waals surface area (Å²) in [5.41, 5.74) is 1.23. The number of anilines is 1. The van der Waals surface area contributed by atoms with E-state index in [1.54, 1.807) is 18.7 Å². The molecular weight excluding hydrogens is 421 g/mol. The SMILES string of the molecule is CCOC(=O)c1sc(N2CC[C@@H](NC(=O)c3nc(Cl)c(CC)[nH]3)[C@@H](F)C2)nc1C. The number of nitrogens with zero attached hydrogens (tertiary/aromatic N) is 3. The number of thiazole rings is 1. The maximum Gasteiger partial charge on any atom is 0.350 e. The summed E-state index contributed by atoms with van der Waals surface area (Å²) in [5, 5.41) is 3.51. The molecule has 0 saturated carbocycles. The van der Waals surface area contributed by atoms with Crippen molar-refractivity contribution >= 4 is 39.9 Å². The molecule has 2 atom stereocenters. The highest BCUT2D eigenvalue weighted by atomic mass is 35.5. The van der Waals surface area contributed by atoms with Crippen molar-refractivity contribution in [1.29, 1.82) is 0 Å². The van der Waals surface area contributed by atoms with Crippen molar-refractivity contribution in [2.24, 2.45) is 0 Å². The number of nitrogens with one attached hydrogen (secondary N) is 2. The Morgan fingerprint density at radius 3 is 2.79 bits per heavy atom. The first-order valence-electron chi connectivity index (χ1n) is 9.42. The number of alkyl halides is 1. The van der Waals surface area contributed by atoms with Crippen molar-refractivity contribution in [3.05, 3.63) is 27.2 Å². The number of aromatic amines is 1. The van der Waals surface area contributed by atoms with Gasteiger partial charge in [-0.25, -0.2) is 19.2 Å². The Morgan fingerprint density at radius 1 is 1.41 bits per heavy atom. The second-order valence-corrected chi connectivity index (χ2v) is 8.01. The number of hydrogen-bond acceptors (Lipinski definition) is 7. The molecule has 158 valence electrons. The monoisotopic (exact) mass is 443 g/mol. The molecule has 3 rings (SSSR count). The second kappa shape index (κ2) is 9.08. The number of aromatic nitrogens is 3. The zero-order valence-electron chi connectivity index (χ0n) is 16.4. The van der Waals surface area contributed by atoms with Gasteiger partial charge in [-0.05, 0) is 26.7 Å². The van der Waals surface area contributed by atoms with Crippen LogP contribution in [0.25, 0.3) is 0 Å². The van der Waals surface area contributed by atoms with Crippen molar-refractivity contribution < 1.29 is 18.7 Å². The van der Waals surface area contributed by atoms with Crippen molar-refractivity contribution in [3.63, 3.8) is 0 Å². The molecule has 2 aromatic rings. The van der Waals surface area contributed by atoms with E-state index >= 15 is 0 Å². The topological polar surface area (TPSA) is 100 Å². The molecule has 0 unspecified atom stereocenters. The molecule has 0 spiro atoms. The number of H-pyrrole nitrogens is 1. The van der Waals surface area contributed by atoms with Crippen LogP contribution in [0.2, 0.25) is 5.15 Å². The molecule has 1 fully saturated rings. The van der Waals surface area contributed by atoms with Crippen molar-refractivity contribution in [2.45, 2.75) is 45.8 Å². The first-order chi connectivity index (χ1) is 13.8. The zero-order valence-corrected chi connectivity index (χ0v) is 18.0. The molecule has 0 radical (unpaired) electrons. The molecular formula is C18H23ClFN5O3S. The molecule has 0 aromatic carbocycles. The van der Waals surface area contributed by atoms with Crippen LogP contribution in [0.15, 0.2) is 0 Å². The summed E-state index contributed by atoms with van der Waals surface area (Å²) in [6.45, 7) is 6.21. The Labute approximate surface area is 176 Å². The van der Waals surface area contributed by atoms with Crippen LogP contribution in [-0.2, 0) is 11.2 Å². The molecule has 1 aliphatic rings. The van der Waals surface area contributed by atoms with Crippen LogP contribution in [0.3, 0.4) is 0 Å². The van der Waals surface area contributed by atoms with E-state index in [0.717, 1.165) is 0 Å². The highest BCUT2D eigenvalue weighted by molar-refractivity contribution is 7.17. The number of carbonyl (C=O) groups excluding carboxylic acids is 2. The lowest BCUT2D eigenvalue weighted by Crippen LogP contribution is -2.52. The maximum absolute atomic E-state index is 14.8. The van der Waals surface area contributed by atoms with E-state index < -0.39 is 24.1 Å². The standard InChI is InChI=1S/C18H23ClFN5O3S/c1-4-11-14(19)24-15(22-11)16(26)23-12-6-7-25(8-10(12)20)18-21-9(3)13(29-18)17(27)28-5-2/h10,12H,4-8H2,1-3H3,(H,22,24)(H,23,26)/t10-,12+/m0/s1. The predicted molar refractivity (Wildman–Crippen MR) is 109 cm³/mol. The normalized spacial score (nSPS) is 19.3. The summed E-state index contributed by atoms with van der Waals surface area (Å²) in [6, 6.07) is -0.640. The summed E-state index contributed by atoms with van der Waals surface area (Å²) in [6.07, 6.45) is -0.279. The van der Waals surface area contributed by atoms with E-state index in [-0.39, 0.29) is 24.1 Å². The number of rotatable bonds is 6. The largest absolute Gasteiger partial charge is 0.462 e. The van der Waals surface area contributed by atoms with Gasteiger partial charge in [0, 0.05) is 6.54 Å². The van der Waals surface area contributed by atoms with E-state index in [4.69, 9.17) is 16.3 Å². The number of imidazole rings is 1. The number of amides is 1. The fraction of sp³-hybridized carbons (Fsp3) is 0.556. The van der Waals surface area contributed by atoms with Gasteiger partial charge < -0.3 is 19.9 Å². The van der Waals surface area contributed by atoms with E-state index in [2.05, 4.69) is 20.3 Å². The Kier molecular flexibility index (Phi) is 6.74. The lowest BCUT2D eigenvalue weighted by atomic mass is 10.0. The predicted octanol–water partition coefficient (Wildman–Crippen LogP) is 2.91. The highest BCUT2D eigenvalue weighted by Crippen LogP contribution is 2.29. The number of piperidine rings is 1. The van der Waals surface area contributed by atoms with Gasteiger partial charge in [0.25, 0.3) is 5.91 Å². The minimum atomic E-state index is -1.29. The molecule has 1 saturated heterocycles. The molecule has 0 aliphatic carbocycles. The fourth-order valence-corrected chi connectivity index (χ4v) is 4.37. The number of esters is 1. The van der Waals surface area contributed by atoms with E-state index in [0.29, 0.717) is 40.8 Å². The zero-order chi connectivity index (χ0) is 21.1. The Bertz CT molecular complexity index is 902. The van der Waals surface area contributed by atoms with Gasteiger partial charge in [-0.2, -0.15) is 0 Å². The summed E-state index contributed by atoms with van der Waals surface area (Å²) in [5.74, 6) is -0.824. The Morgan fingerprint density at radius 2 is 2.17 bits per heavy atom. The summed E-state index contributed by atoms with van der Waals surface area (Å²) >= 11 is 7.15. The van der Waals surface area contributed by atoms with Crippen molar-refractivity contribution in [1.82, 2.24) is 20.3 Å². The van der Waals surface area contributed by atoms with Crippen LogP contribution < -0.4 is 10.2 Å². The number of aryl methyl sites for hydroxylation is 2. The molecule has 2 aromatic heterocycles. The highest BCUT2D eigenvalue weighted by Gasteiger charge is 2.33. The average Bonchev–Trinajstić information content (AvgIpc) is 3.26. The minimum absolute atomic E-state index is 0.0687. The van der Waals surface area contributed by atoms with Gasteiger partial charge in [0.05, 0.1) is 30.6 Å². The van der Waals surface area contributed by atoms with Gasteiger partial charge in [-0.15, -0.1) is 0 Å². The number of ether oxygens (including phenoxy) is 1. The summed E-state index contributed by atoms with van der Waals surface area (Å²) in [4.78, 5) is 37.8. The smallest absolute Gasteiger partial charge is 0.350 e. The third-order valence-corrected chi connectivity index (χ3v) is 6.18. The summed E-state index contributed by atoms with van der Waals surface area (Å²) in [7, 11) is 0. The lowest BCUT2D eigenvalue weighted by molar-refractivity contribution is 0.0531. The molecule has 8 nitrogen and oxygen atoms in total. The molecule has 3 heterocycles. The van der Waals surface area contributed by atoms with Crippen LogP contribution >= 0.6 is 22.9 Å². The number of carbonyl (C=O) groups is 2. The van der Waals surface area contributed by atoms with Crippen LogP contribution in [0.1, 0.15) is 51.9 Å². The number of halogens is 2. The van der Waals surface area contributed by atoms with Gasteiger partial charge in [-0.1, -0.05) is 29.9 Å². The average molecular weight is 444 g/mol. The molecule has 1 aliphatic heterocycles. The Hall–Kier alpha value is -2.20. The van der Waals surface area contributed by atoms with E-state index in [1.807, 2.05) is 6.92 Å². The molecule has 29 heavy (non-hydrogen) atoms. The van der Waals surface area contributed by atoms with E-state index in [1.165, 1.54) is 11.3 Å². The maximum atomic E-state index is 14.8. The van der Waals surface area contributed by atoms with Gasteiger partial charge in [0.1, 0.15) is 11.0 Å². The molecule has 11 heteroatoms. The molecule has 2 N–H and O–H groups in total. The van der Waals surface area contributed by atoms with E-state index in [9.17, 15) is 14.0 Å². The lowest BCUT2D eigenvalue weighted by Gasteiger charge is -2.34. The first-order valence-corrected chi connectivity index (χ1v) is 10.6. The quantitative estimate of drug-likeness (QED) is 0.666. The third kappa shape index (κ3) is 4.69. The third-order valence-electron chi connectivity index (χ3n) is 4.67. The Balaban J connectivity index is 1.62. The van der Waals surface area contributed by atoms with Crippen LogP contribution in [-0.4, -0.2) is 58.7 Å². The first kappa shape index (κ1) is 21.5. The minimum Gasteiger partial charge on any atom is -0.462 e. The van der Waals surface area contributed by atoms with Gasteiger partial charge in [0.15, 0.2) is 16.1 Å². The molecule has 0 bridgehead atoms. The van der Waals surface area contributed by atoms with Gasteiger partial charge in [-0.3, -0.25) is 4.79 Å². The van der Waals surface area contributed by atoms with Crippen molar-refractivity contribution in [3.8, 4) is 0 Å². The van der Waals surface area contributed by atoms with Gasteiger partial charge >= 0.3 is 5.97 Å². The van der Waals surface area contributed by atoms with Crippen LogP contribution in [0.5, 0.6) is 0 Å². The summed E-state index contributed by atoms with van der Waals surface area (Å²) < 4.78 is 19.8. The van der Waals surface area contributed by atoms with Crippen LogP contribution in [0, 0.1) is 6.92 Å². The second-order valence-electron chi connectivity index (χ2n) is 6.67. The van der Waals surface area contributed by atoms with Crippen LogP contribution in [0.4, 0.5) is 9.52 Å². The molecule has 1 amide bonds. The fourth-order valence-electron chi connectivity index (χ4n) is 3.11. The van der Waals surface area contributed by atoms with Gasteiger partial charge in [0.2, 0.25) is 0 Å².